The molecule has 3 aromatic rings. The third-order valence-corrected chi connectivity index (χ3v) is 6.81. The van der Waals surface area contributed by atoms with Crippen LogP contribution in [0.25, 0.3) is 0 Å². The van der Waals surface area contributed by atoms with Gasteiger partial charge >= 0.3 is 5.97 Å². The highest BCUT2D eigenvalue weighted by Gasteiger charge is 2.20. The molecule has 0 saturated heterocycles. The largest absolute Gasteiger partial charge is 0.456 e. The predicted molar refractivity (Wildman–Crippen MR) is 147 cm³/mol. The van der Waals surface area contributed by atoms with Crippen molar-refractivity contribution in [1.29, 1.82) is 0 Å². The van der Waals surface area contributed by atoms with Gasteiger partial charge < -0.3 is 9.30 Å². The SMILES string of the molecule is Cc1ccccc1C(C)N(C)Cc1c(Cl)cc(Cl)c(=O)n1CCc1ccc(C(=O)OC(C)(C)C)cc1. The molecule has 0 aliphatic heterocycles. The van der Waals surface area contributed by atoms with Gasteiger partial charge in [0.15, 0.2) is 0 Å². The van der Waals surface area contributed by atoms with Crippen LogP contribution in [-0.2, 0) is 24.2 Å². The van der Waals surface area contributed by atoms with Crippen LogP contribution in [0.2, 0.25) is 10.0 Å². The zero-order valence-electron chi connectivity index (χ0n) is 21.8. The zero-order chi connectivity index (χ0) is 26.6. The smallest absolute Gasteiger partial charge is 0.338 e. The van der Waals surface area contributed by atoms with E-state index < -0.39 is 5.60 Å². The molecule has 7 heteroatoms. The molecule has 1 unspecified atom stereocenters. The van der Waals surface area contributed by atoms with Gasteiger partial charge in [0.25, 0.3) is 5.56 Å². The second-order valence-corrected chi connectivity index (χ2v) is 11.0. The summed E-state index contributed by atoms with van der Waals surface area (Å²) in [4.78, 5) is 27.5. The summed E-state index contributed by atoms with van der Waals surface area (Å²) in [5.74, 6) is -0.361. The van der Waals surface area contributed by atoms with Crippen LogP contribution in [0.3, 0.4) is 0 Å². The fourth-order valence-electron chi connectivity index (χ4n) is 4.09. The first kappa shape index (κ1) is 28.0. The Morgan fingerprint density at radius 3 is 2.31 bits per heavy atom. The van der Waals surface area contributed by atoms with Crippen molar-refractivity contribution in [2.75, 3.05) is 7.05 Å². The number of benzene rings is 2. The van der Waals surface area contributed by atoms with E-state index in [0.29, 0.717) is 30.1 Å². The monoisotopic (exact) mass is 528 g/mol. The summed E-state index contributed by atoms with van der Waals surface area (Å²) in [6.07, 6.45) is 0.579. The lowest BCUT2D eigenvalue weighted by Crippen LogP contribution is -2.30. The molecular formula is C29H34Cl2N2O3. The summed E-state index contributed by atoms with van der Waals surface area (Å²) >= 11 is 12.8. The van der Waals surface area contributed by atoms with Crippen LogP contribution in [-0.4, -0.2) is 28.1 Å². The Hall–Kier alpha value is -2.60. The summed E-state index contributed by atoms with van der Waals surface area (Å²) in [5, 5.41) is 0.558. The zero-order valence-corrected chi connectivity index (χ0v) is 23.3. The van der Waals surface area contributed by atoms with Gasteiger partial charge in [-0.1, -0.05) is 59.6 Å². The number of aryl methyl sites for hydroxylation is 2. The number of hydrogen-bond donors (Lipinski definition) is 0. The predicted octanol–water partition coefficient (Wildman–Crippen LogP) is 6.85. The first-order valence-electron chi connectivity index (χ1n) is 12.0. The van der Waals surface area contributed by atoms with E-state index in [1.54, 1.807) is 16.7 Å². The van der Waals surface area contributed by atoms with Gasteiger partial charge in [0, 0.05) is 19.1 Å². The fraction of sp³-hybridized carbons (Fsp3) is 0.379. The van der Waals surface area contributed by atoms with Gasteiger partial charge in [-0.15, -0.1) is 0 Å². The van der Waals surface area contributed by atoms with Crippen molar-refractivity contribution in [2.45, 2.75) is 65.8 Å². The molecule has 36 heavy (non-hydrogen) atoms. The van der Waals surface area contributed by atoms with Crippen LogP contribution in [0.4, 0.5) is 0 Å². The van der Waals surface area contributed by atoms with E-state index in [2.05, 4.69) is 30.9 Å². The van der Waals surface area contributed by atoms with Crippen molar-refractivity contribution in [2.24, 2.45) is 0 Å². The number of pyridine rings is 1. The number of nitrogens with zero attached hydrogens (tertiary/aromatic N) is 2. The summed E-state index contributed by atoms with van der Waals surface area (Å²) in [6.45, 7) is 10.6. The van der Waals surface area contributed by atoms with E-state index in [1.807, 2.05) is 52.1 Å². The lowest BCUT2D eigenvalue weighted by molar-refractivity contribution is 0.00695. The van der Waals surface area contributed by atoms with Gasteiger partial charge in [-0.05, 0) is 83.0 Å². The Kier molecular flexibility index (Phi) is 9.04. The number of halogens is 2. The maximum Gasteiger partial charge on any atom is 0.338 e. The quantitative estimate of drug-likeness (QED) is 0.300. The molecule has 3 rings (SSSR count). The van der Waals surface area contributed by atoms with E-state index >= 15 is 0 Å². The summed E-state index contributed by atoms with van der Waals surface area (Å²) in [7, 11) is 2.02. The minimum absolute atomic E-state index is 0.0960. The highest BCUT2D eigenvalue weighted by molar-refractivity contribution is 6.34. The first-order chi connectivity index (χ1) is 16.9. The van der Waals surface area contributed by atoms with Gasteiger partial charge in [0.1, 0.15) is 10.6 Å². The standard InChI is InChI=1S/C29H34Cl2N2O3/c1-19-9-7-8-10-23(19)20(2)32(6)18-26-24(30)17-25(31)27(34)33(26)16-15-21-11-13-22(14-12-21)28(35)36-29(3,4)5/h7-14,17,20H,15-16,18H2,1-6H3. The van der Waals surface area contributed by atoms with E-state index in [0.717, 1.165) is 11.3 Å². The van der Waals surface area contributed by atoms with Crippen LogP contribution < -0.4 is 5.56 Å². The van der Waals surface area contributed by atoms with E-state index in [4.69, 9.17) is 27.9 Å². The second-order valence-electron chi connectivity index (χ2n) is 10.1. The molecule has 2 aromatic carbocycles. The molecule has 0 bridgehead atoms. The molecule has 0 aliphatic carbocycles. The molecular weight excluding hydrogens is 495 g/mol. The molecule has 0 aliphatic rings. The molecule has 1 atom stereocenters. The third-order valence-electron chi connectivity index (χ3n) is 6.22. The fourth-order valence-corrected chi connectivity index (χ4v) is 4.62. The lowest BCUT2D eigenvalue weighted by Gasteiger charge is -2.28. The van der Waals surface area contributed by atoms with Gasteiger partial charge in [0.05, 0.1) is 16.3 Å². The van der Waals surface area contributed by atoms with Gasteiger partial charge in [-0.2, -0.15) is 0 Å². The van der Waals surface area contributed by atoms with Crippen LogP contribution in [0.1, 0.15) is 66.5 Å². The van der Waals surface area contributed by atoms with Crippen molar-refractivity contribution >= 4 is 29.2 Å². The number of esters is 1. The van der Waals surface area contributed by atoms with Crippen LogP contribution in [0, 0.1) is 6.92 Å². The van der Waals surface area contributed by atoms with Gasteiger partial charge in [-0.3, -0.25) is 9.69 Å². The Labute approximate surface area is 223 Å². The Morgan fingerprint density at radius 1 is 1.06 bits per heavy atom. The topological polar surface area (TPSA) is 51.5 Å². The van der Waals surface area contributed by atoms with E-state index in [9.17, 15) is 9.59 Å². The van der Waals surface area contributed by atoms with Crippen LogP contribution in [0.5, 0.6) is 0 Å². The molecule has 0 amide bonds. The molecule has 0 N–H and O–H groups in total. The number of hydrogen-bond acceptors (Lipinski definition) is 4. The average molecular weight is 530 g/mol. The maximum atomic E-state index is 13.0. The van der Waals surface area contributed by atoms with E-state index in [1.165, 1.54) is 17.2 Å². The highest BCUT2D eigenvalue weighted by Crippen LogP contribution is 2.26. The Morgan fingerprint density at radius 2 is 1.69 bits per heavy atom. The maximum absolute atomic E-state index is 13.0. The third kappa shape index (κ3) is 7.00. The molecule has 1 aromatic heterocycles. The Bertz CT molecular complexity index is 1280. The molecule has 0 saturated carbocycles. The molecule has 0 radical (unpaired) electrons. The normalized spacial score (nSPS) is 12.6. The minimum atomic E-state index is -0.553. The van der Waals surface area contributed by atoms with Crippen molar-refractivity contribution in [3.8, 4) is 0 Å². The van der Waals surface area contributed by atoms with Gasteiger partial charge in [-0.25, -0.2) is 4.79 Å². The first-order valence-corrected chi connectivity index (χ1v) is 12.8. The number of rotatable bonds is 8. The molecule has 5 nitrogen and oxygen atoms in total. The van der Waals surface area contributed by atoms with Crippen molar-refractivity contribution < 1.29 is 9.53 Å². The number of carbonyl (C=O) groups is 1. The summed E-state index contributed by atoms with van der Waals surface area (Å²) in [6, 6.07) is 17.2. The summed E-state index contributed by atoms with van der Waals surface area (Å²) in [5.41, 5.74) is 3.82. The number of aromatic nitrogens is 1. The molecule has 0 spiro atoms. The average Bonchev–Trinajstić information content (AvgIpc) is 2.81. The minimum Gasteiger partial charge on any atom is -0.456 e. The van der Waals surface area contributed by atoms with Crippen molar-refractivity contribution in [1.82, 2.24) is 9.47 Å². The summed E-state index contributed by atoms with van der Waals surface area (Å²) < 4.78 is 7.09. The number of carbonyl (C=O) groups excluding carboxylic acids is 1. The number of ether oxygens (including phenoxy) is 1. The van der Waals surface area contributed by atoms with Crippen LogP contribution >= 0.6 is 23.2 Å². The lowest BCUT2D eigenvalue weighted by atomic mass is 10.0. The van der Waals surface area contributed by atoms with Crippen molar-refractivity contribution in [3.05, 3.63) is 103 Å². The van der Waals surface area contributed by atoms with Crippen LogP contribution in [0.15, 0.2) is 59.4 Å². The molecule has 192 valence electrons. The van der Waals surface area contributed by atoms with E-state index in [-0.39, 0.29) is 22.6 Å². The second kappa shape index (κ2) is 11.6. The highest BCUT2D eigenvalue weighted by atomic mass is 35.5. The van der Waals surface area contributed by atoms with Crippen molar-refractivity contribution in [3.63, 3.8) is 0 Å². The van der Waals surface area contributed by atoms with Gasteiger partial charge in [0.2, 0.25) is 0 Å². The Balaban J connectivity index is 1.80. The molecule has 0 fully saturated rings. The molecule has 1 heterocycles.